The van der Waals surface area contributed by atoms with E-state index in [0.717, 1.165) is 5.56 Å². The third-order valence-corrected chi connectivity index (χ3v) is 13.0. The van der Waals surface area contributed by atoms with Crippen LogP contribution in [0.3, 0.4) is 0 Å². The molecular weight excluding hydrogens is 1340 g/mol. The van der Waals surface area contributed by atoms with Gasteiger partial charge < -0.3 is 92.7 Å². The number of carboxylic acids is 4. The minimum atomic E-state index is -5.00. The van der Waals surface area contributed by atoms with E-state index in [-0.39, 0.29) is 290 Å². The number of aliphatic hydroxyl groups is 2. The molecule has 2 aliphatic rings. The largest absolute Gasteiger partial charge is 3.00 e. The number of aliphatic hydroxyl groups excluding tert-OH is 2. The number of hydrogen-bond acceptors (Lipinski definition) is 27. The Hall–Kier alpha value is 1.53. The zero-order valence-electron chi connectivity index (χ0n) is 42.6. The molecule has 0 amide bonds. The van der Waals surface area contributed by atoms with Crippen molar-refractivity contribution in [3.05, 3.63) is 35.9 Å². The second-order valence-corrected chi connectivity index (χ2v) is 20.7. The Morgan fingerprint density at radius 1 is 0.467 bits per heavy atom. The van der Waals surface area contributed by atoms with Crippen LogP contribution in [0.1, 0.15) is 5.56 Å². The van der Waals surface area contributed by atoms with Crippen LogP contribution in [-0.4, -0.2) is 275 Å². The molecule has 0 saturated carbocycles. The molecule has 0 bridgehead atoms. The van der Waals surface area contributed by atoms with Crippen LogP contribution in [-0.2, 0) is 49.1 Å². The molecule has 33 heteroatoms. The summed E-state index contributed by atoms with van der Waals surface area (Å²) in [6.45, 7) is -0.692. The summed E-state index contributed by atoms with van der Waals surface area (Å²) in [6, 6.07) is 9.22. The molecule has 0 aliphatic carbocycles. The van der Waals surface area contributed by atoms with Crippen LogP contribution in [0.4, 0.5) is 0 Å². The molecule has 2 saturated heterocycles. The fourth-order valence-electron chi connectivity index (χ4n) is 7.96. The van der Waals surface area contributed by atoms with Gasteiger partial charge in [0.1, 0.15) is 6.10 Å². The van der Waals surface area contributed by atoms with E-state index in [4.69, 9.17) is 14.2 Å². The Labute approximate surface area is 547 Å². The van der Waals surface area contributed by atoms with Gasteiger partial charge in [0.25, 0.3) is 0 Å². The van der Waals surface area contributed by atoms with Gasteiger partial charge in [-0.2, -0.15) is 0 Å². The maximum atomic E-state index is 11.6. The van der Waals surface area contributed by atoms with Crippen LogP contribution < -0.4 is 99.1 Å². The SMILES string of the molecule is O=C([O-])CN1CCN(CC(O)COCC(COCC(O)CN2CCN(CC(=O)[O-])CCN(CP(=O)([O-])[O-])CCN(CC(=O)[O-])CC2)OCc2ccccc2)CCN(CC(=O)[O-])CCN(CP(=O)([O-])[O-])CC1.[Gd+3].[Gd+3].[Na+].[Na+]. The molecule has 2 aliphatic heterocycles. The van der Waals surface area contributed by atoms with E-state index in [1.807, 2.05) is 30.3 Å². The van der Waals surface area contributed by atoms with Gasteiger partial charge in [-0.1, -0.05) is 45.5 Å². The Bertz CT molecular complexity index is 1680. The van der Waals surface area contributed by atoms with E-state index < -0.39 is 96.1 Å². The number of ether oxygens (including phenoxy) is 3. The summed E-state index contributed by atoms with van der Waals surface area (Å²) in [5.74, 6) is -5.50. The summed E-state index contributed by atoms with van der Waals surface area (Å²) < 4.78 is 41.1. The molecule has 2 unspecified atom stereocenters. The molecule has 75 heavy (non-hydrogen) atoms. The summed E-state index contributed by atoms with van der Waals surface area (Å²) in [7, 11) is -9.99. The second kappa shape index (κ2) is 43.2. The smallest absolute Gasteiger partial charge is 0.810 e. The van der Waals surface area contributed by atoms with Gasteiger partial charge in [-0.15, -0.1) is 0 Å². The van der Waals surface area contributed by atoms with Crippen molar-refractivity contribution in [1.82, 2.24) is 39.2 Å². The molecule has 2 radical (unpaired) electrons. The number of benzene rings is 1. The molecule has 1 aromatic carbocycles. The molecule has 3 rings (SSSR count). The van der Waals surface area contributed by atoms with Crippen LogP contribution in [0.15, 0.2) is 30.3 Å². The first-order valence-electron chi connectivity index (χ1n) is 23.3. The molecule has 2 atom stereocenters. The average molecular weight is 1410 g/mol. The van der Waals surface area contributed by atoms with Gasteiger partial charge in [0.2, 0.25) is 0 Å². The van der Waals surface area contributed by atoms with Crippen molar-refractivity contribution in [3.63, 3.8) is 0 Å². The second-order valence-electron chi connectivity index (χ2n) is 17.7. The molecule has 418 valence electrons. The fraction of sp³-hybridized carbons (Fsp3) is 0.762. The topological polar surface area (TPSA) is 381 Å². The molecule has 27 nitrogen and oxygen atoms in total. The van der Waals surface area contributed by atoms with Gasteiger partial charge in [-0.3, -0.25) is 39.2 Å². The van der Waals surface area contributed by atoms with Crippen LogP contribution >= 0.6 is 15.2 Å². The number of hydrogen-bond donors (Lipinski definition) is 2. The number of nitrogens with zero attached hydrogens (tertiary/aromatic N) is 8. The van der Waals surface area contributed by atoms with Crippen LogP contribution in [0.25, 0.3) is 0 Å². The summed E-state index contributed by atoms with van der Waals surface area (Å²) in [6.07, 6.45) is -4.55. The standard InChI is InChI=1S/C42H76N8O19P2.2Gd.2Na/c51-36(22-43-6-10-45(24-39(53)54)14-18-49(33-70(61,62)63)19-15-46(11-7-43)25-40(55)56)29-67-31-38(69-28-35-4-2-1-3-5-35)32-68-30-37(52)23-44-8-12-47(26-41(57)58)16-20-50(34-71(64,65)66)21-17-48(13-9-44)27-42(59)60;;;;/h1-5,36-38,51-52H,6-34H2,(H,53,54)(H,55,56)(H,57,58)(H,59,60)(H2,61,62,63)(H2,64,65,66);;;;/q;2*+3;2*+1/p-8. The monoisotopic (exact) mass is 1410 g/mol. The maximum absolute atomic E-state index is 11.6. The Balaban J connectivity index is 0. The minimum absolute atomic E-state index is 0. The van der Waals surface area contributed by atoms with E-state index in [1.165, 1.54) is 29.4 Å². The zero-order chi connectivity index (χ0) is 52.4. The van der Waals surface area contributed by atoms with Gasteiger partial charge in [0, 0.05) is 157 Å². The molecule has 2 heterocycles. The number of carbonyl (C=O) groups excluding carboxylic acids is 4. The van der Waals surface area contributed by atoms with Crippen LogP contribution in [0.2, 0.25) is 0 Å². The van der Waals surface area contributed by atoms with Gasteiger partial charge >= 0.3 is 139 Å². The molecule has 2 fully saturated rings. The fourth-order valence-corrected chi connectivity index (χ4v) is 9.51. The van der Waals surface area contributed by atoms with Crippen molar-refractivity contribution < 1.29 is 232 Å². The van der Waals surface area contributed by atoms with Gasteiger partial charge in [0.05, 0.1) is 69.1 Å². The van der Waals surface area contributed by atoms with Crippen molar-refractivity contribution in [2.24, 2.45) is 0 Å². The Morgan fingerprint density at radius 2 is 0.733 bits per heavy atom. The van der Waals surface area contributed by atoms with Crippen molar-refractivity contribution in [1.29, 1.82) is 0 Å². The summed E-state index contributed by atoms with van der Waals surface area (Å²) in [4.78, 5) is 105. The number of aliphatic carboxylic acids is 4. The zero-order valence-corrected chi connectivity index (χ0v) is 53.0. The normalized spacial score (nSPS) is 19.1. The first-order chi connectivity index (χ1) is 33.5. The molecular formula is C42H68Gd2N8Na2O19P2. The maximum Gasteiger partial charge on any atom is 3.00 e. The van der Waals surface area contributed by atoms with Crippen molar-refractivity contribution in [2.45, 2.75) is 24.9 Å². The third kappa shape index (κ3) is 40.4. The van der Waals surface area contributed by atoms with E-state index in [2.05, 4.69) is 0 Å². The van der Waals surface area contributed by atoms with Gasteiger partial charge in [0.15, 0.2) is 0 Å². The van der Waals surface area contributed by atoms with Crippen molar-refractivity contribution in [3.8, 4) is 0 Å². The number of β-amino-alcohol motifs (C(OH)–C–C–N with tert-alkyl or cyclic N) is 2. The third-order valence-electron chi connectivity index (χ3n) is 11.5. The van der Waals surface area contributed by atoms with E-state index >= 15 is 0 Å². The Morgan fingerprint density at radius 3 is 1.00 bits per heavy atom. The molecule has 0 spiro atoms. The van der Waals surface area contributed by atoms with Crippen LogP contribution in [0.5, 0.6) is 0 Å². The van der Waals surface area contributed by atoms with Crippen molar-refractivity contribution in [2.75, 3.05) is 183 Å². The predicted octanol–water partition coefficient (Wildman–Crippen LogP) is -17.5. The Kier molecular flexibility index (Phi) is 45.3. The van der Waals surface area contributed by atoms with Crippen molar-refractivity contribution >= 4 is 39.1 Å². The number of carboxylic acid groups (broad SMARTS) is 4. The first-order valence-corrected chi connectivity index (χ1v) is 26.7. The summed E-state index contributed by atoms with van der Waals surface area (Å²) in [5, 5.41) is 68.6. The van der Waals surface area contributed by atoms with E-state index in [0.29, 0.717) is 0 Å². The van der Waals surface area contributed by atoms with Gasteiger partial charge in [-0.05, 0) is 5.56 Å². The van der Waals surface area contributed by atoms with E-state index in [1.54, 1.807) is 9.80 Å². The van der Waals surface area contributed by atoms with Crippen LogP contribution in [0, 0.1) is 79.9 Å². The summed E-state index contributed by atoms with van der Waals surface area (Å²) >= 11 is 0. The molecule has 2 N–H and O–H groups in total. The average Bonchev–Trinajstić information content (AvgIpc) is 3.25. The first kappa shape index (κ1) is 78.6. The van der Waals surface area contributed by atoms with Gasteiger partial charge in [-0.25, -0.2) is 0 Å². The van der Waals surface area contributed by atoms with E-state index in [9.17, 15) is 78.5 Å². The molecule has 0 aromatic heterocycles. The predicted molar refractivity (Wildman–Crippen MR) is 235 cm³/mol. The molecule has 1 aromatic rings. The number of carbonyl (C=O) groups is 4. The minimum Gasteiger partial charge on any atom is -0.810 e. The number of rotatable bonds is 27. The quantitative estimate of drug-likeness (QED) is 0.0610. The summed E-state index contributed by atoms with van der Waals surface area (Å²) in [5.41, 5.74) is 0.844.